The molecule has 3 unspecified atom stereocenters. The highest BCUT2D eigenvalue weighted by molar-refractivity contribution is 5.43. The van der Waals surface area contributed by atoms with Crippen LogP contribution in [-0.4, -0.2) is 20.3 Å². The van der Waals surface area contributed by atoms with Gasteiger partial charge in [-0.2, -0.15) is 0 Å². The van der Waals surface area contributed by atoms with Crippen LogP contribution in [0.25, 0.3) is 0 Å². The van der Waals surface area contributed by atoms with Crippen molar-refractivity contribution in [3.05, 3.63) is 23.8 Å². The Labute approximate surface area is 115 Å². The minimum atomic E-state index is 0.299. The predicted molar refractivity (Wildman–Crippen MR) is 75.5 cm³/mol. The zero-order valence-electron chi connectivity index (χ0n) is 11.8. The summed E-state index contributed by atoms with van der Waals surface area (Å²) in [5, 5.41) is 0. The van der Waals surface area contributed by atoms with Gasteiger partial charge in [-0.15, -0.1) is 0 Å². The van der Waals surface area contributed by atoms with Gasteiger partial charge in [0, 0.05) is 6.04 Å². The van der Waals surface area contributed by atoms with Gasteiger partial charge in [0.1, 0.15) is 0 Å². The molecule has 19 heavy (non-hydrogen) atoms. The molecule has 2 N–H and O–H groups in total. The molecule has 0 bridgehead atoms. The van der Waals surface area contributed by atoms with Gasteiger partial charge in [-0.3, -0.25) is 0 Å². The SMILES string of the molecule is COc1ccc(CC(N)C2C3CCCC32)cc1OC. The number of hydrogen-bond donors (Lipinski definition) is 1. The molecule has 2 aliphatic rings. The Morgan fingerprint density at radius 3 is 2.47 bits per heavy atom. The average Bonchev–Trinajstić information content (AvgIpc) is 2.92. The maximum atomic E-state index is 6.39. The monoisotopic (exact) mass is 261 g/mol. The molecule has 0 radical (unpaired) electrons. The van der Waals surface area contributed by atoms with Gasteiger partial charge < -0.3 is 15.2 Å². The third-order valence-electron chi connectivity index (χ3n) is 4.89. The minimum absolute atomic E-state index is 0.299. The molecule has 3 rings (SSSR count). The molecular formula is C16H23NO2. The number of ether oxygens (including phenoxy) is 2. The van der Waals surface area contributed by atoms with Crippen LogP contribution in [0.4, 0.5) is 0 Å². The summed E-state index contributed by atoms with van der Waals surface area (Å²) in [4.78, 5) is 0. The van der Waals surface area contributed by atoms with Crippen molar-refractivity contribution >= 4 is 0 Å². The van der Waals surface area contributed by atoms with Crippen molar-refractivity contribution in [1.82, 2.24) is 0 Å². The third-order valence-corrected chi connectivity index (χ3v) is 4.89. The van der Waals surface area contributed by atoms with E-state index in [1.165, 1.54) is 24.8 Å². The van der Waals surface area contributed by atoms with Gasteiger partial charge in [-0.25, -0.2) is 0 Å². The molecule has 1 aromatic rings. The number of methoxy groups -OCH3 is 2. The van der Waals surface area contributed by atoms with Crippen molar-refractivity contribution in [3.8, 4) is 11.5 Å². The molecule has 3 atom stereocenters. The molecule has 1 aromatic carbocycles. The van der Waals surface area contributed by atoms with Crippen molar-refractivity contribution in [2.75, 3.05) is 14.2 Å². The van der Waals surface area contributed by atoms with Crippen LogP contribution in [0, 0.1) is 17.8 Å². The maximum Gasteiger partial charge on any atom is 0.160 e. The van der Waals surface area contributed by atoms with E-state index in [0.717, 1.165) is 35.7 Å². The first-order valence-electron chi connectivity index (χ1n) is 7.21. The number of rotatable bonds is 5. The second-order valence-corrected chi connectivity index (χ2v) is 5.89. The van der Waals surface area contributed by atoms with Crippen LogP contribution >= 0.6 is 0 Å². The van der Waals surface area contributed by atoms with Crippen LogP contribution in [0.1, 0.15) is 24.8 Å². The maximum absolute atomic E-state index is 6.39. The van der Waals surface area contributed by atoms with Gasteiger partial charge in [-0.05, 0) is 54.7 Å². The summed E-state index contributed by atoms with van der Waals surface area (Å²) in [5.74, 6) is 4.19. The molecule has 2 saturated carbocycles. The van der Waals surface area contributed by atoms with E-state index in [1.54, 1.807) is 14.2 Å². The number of benzene rings is 1. The van der Waals surface area contributed by atoms with Gasteiger partial charge in [-0.1, -0.05) is 12.5 Å². The molecule has 0 aromatic heterocycles. The summed E-state index contributed by atoms with van der Waals surface area (Å²) in [6.07, 6.45) is 5.15. The molecule has 104 valence electrons. The van der Waals surface area contributed by atoms with Crippen LogP contribution in [0.3, 0.4) is 0 Å². The van der Waals surface area contributed by atoms with E-state index in [0.29, 0.717) is 6.04 Å². The lowest BCUT2D eigenvalue weighted by Crippen LogP contribution is -2.27. The Balaban J connectivity index is 1.66. The lowest BCUT2D eigenvalue weighted by atomic mass is 9.98. The lowest BCUT2D eigenvalue weighted by molar-refractivity contribution is 0.354. The summed E-state index contributed by atoms with van der Waals surface area (Å²) in [5.41, 5.74) is 7.64. The lowest BCUT2D eigenvalue weighted by Gasteiger charge is -2.15. The minimum Gasteiger partial charge on any atom is -0.493 e. The fourth-order valence-corrected chi connectivity index (χ4v) is 3.93. The van der Waals surface area contributed by atoms with E-state index in [1.807, 2.05) is 6.07 Å². The van der Waals surface area contributed by atoms with Gasteiger partial charge in [0.2, 0.25) is 0 Å². The molecule has 2 fully saturated rings. The summed E-state index contributed by atoms with van der Waals surface area (Å²) in [6, 6.07) is 6.42. The fraction of sp³-hybridized carbons (Fsp3) is 0.625. The van der Waals surface area contributed by atoms with Crippen molar-refractivity contribution in [2.45, 2.75) is 31.7 Å². The van der Waals surface area contributed by atoms with E-state index in [4.69, 9.17) is 15.2 Å². The molecule has 0 saturated heterocycles. The summed E-state index contributed by atoms with van der Waals surface area (Å²) in [6.45, 7) is 0. The first-order chi connectivity index (χ1) is 9.24. The summed E-state index contributed by atoms with van der Waals surface area (Å²) < 4.78 is 10.6. The number of hydrogen-bond acceptors (Lipinski definition) is 3. The van der Waals surface area contributed by atoms with Gasteiger partial charge in [0.05, 0.1) is 14.2 Å². The Bertz CT molecular complexity index is 450. The zero-order valence-corrected chi connectivity index (χ0v) is 11.8. The van der Waals surface area contributed by atoms with Gasteiger partial charge in [0.15, 0.2) is 11.5 Å². The van der Waals surface area contributed by atoms with Crippen LogP contribution in [0.2, 0.25) is 0 Å². The standard InChI is InChI=1S/C16H23NO2/c1-18-14-7-6-10(9-15(14)19-2)8-13(17)16-11-4-3-5-12(11)16/h6-7,9,11-13,16H,3-5,8,17H2,1-2H3. The molecule has 2 aliphatic carbocycles. The van der Waals surface area contributed by atoms with E-state index in [-0.39, 0.29) is 0 Å². The van der Waals surface area contributed by atoms with Gasteiger partial charge in [0.25, 0.3) is 0 Å². The molecule has 0 aliphatic heterocycles. The van der Waals surface area contributed by atoms with Crippen LogP contribution < -0.4 is 15.2 Å². The van der Waals surface area contributed by atoms with Crippen molar-refractivity contribution in [1.29, 1.82) is 0 Å². The Kier molecular flexibility index (Phi) is 3.40. The van der Waals surface area contributed by atoms with E-state index < -0.39 is 0 Å². The Hall–Kier alpha value is -1.22. The van der Waals surface area contributed by atoms with Gasteiger partial charge >= 0.3 is 0 Å². The van der Waals surface area contributed by atoms with Crippen LogP contribution in [-0.2, 0) is 6.42 Å². The zero-order chi connectivity index (χ0) is 13.4. The predicted octanol–water partition coefficient (Wildman–Crippen LogP) is 2.62. The van der Waals surface area contributed by atoms with Crippen LogP contribution in [0.5, 0.6) is 11.5 Å². The van der Waals surface area contributed by atoms with E-state index >= 15 is 0 Å². The number of nitrogens with two attached hydrogens (primary N) is 1. The second kappa shape index (κ2) is 5.04. The largest absolute Gasteiger partial charge is 0.493 e. The molecular weight excluding hydrogens is 238 g/mol. The summed E-state index contributed by atoms with van der Waals surface area (Å²) >= 11 is 0. The first kappa shape index (κ1) is 12.8. The smallest absolute Gasteiger partial charge is 0.160 e. The highest BCUT2D eigenvalue weighted by Gasteiger charge is 2.54. The Morgan fingerprint density at radius 1 is 1.16 bits per heavy atom. The molecule has 3 nitrogen and oxygen atoms in total. The number of fused-ring (bicyclic) bond motifs is 1. The van der Waals surface area contributed by atoms with Crippen LogP contribution in [0.15, 0.2) is 18.2 Å². The third kappa shape index (κ3) is 2.32. The second-order valence-electron chi connectivity index (χ2n) is 5.89. The van der Waals surface area contributed by atoms with E-state index in [9.17, 15) is 0 Å². The average molecular weight is 261 g/mol. The quantitative estimate of drug-likeness (QED) is 0.886. The fourth-order valence-electron chi connectivity index (χ4n) is 3.93. The highest BCUT2D eigenvalue weighted by Crippen LogP contribution is 2.58. The molecule has 3 heteroatoms. The molecule has 0 heterocycles. The normalized spacial score (nSPS) is 29.7. The Morgan fingerprint density at radius 2 is 1.84 bits per heavy atom. The topological polar surface area (TPSA) is 44.5 Å². The summed E-state index contributed by atoms with van der Waals surface area (Å²) in [7, 11) is 3.33. The van der Waals surface area contributed by atoms with Crippen molar-refractivity contribution in [2.24, 2.45) is 23.5 Å². The molecule has 0 amide bonds. The van der Waals surface area contributed by atoms with Crippen molar-refractivity contribution in [3.63, 3.8) is 0 Å². The van der Waals surface area contributed by atoms with E-state index in [2.05, 4.69) is 12.1 Å². The first-order valence-corrected chi connectivity index (χ1v) is 7.21. The van der Waals surface area contributed by atoms with Crippen molar-refractivity contribution < 1.29 is 9.47 Å². The highest BCUT2D eigenvalue weighted by atomic mass is 16.5. The molecule has 0 spiro atoms.